The van der Waals surface area contributed by atoms with E-state index >= 15 is 0 Å². The first-order valence-electron chi connectivity index (χ1n) is 6.02. The average molecular weight is 329 g/mol. The molecule has 4 nitrogen and oxygen atoms in total. The third-order valence-corrected chi connectivity index (χ3v) is 6.36. The summed E-state index contributed by atoms with van der Waals surface area (Å²) < 4.78 is 62.6. The third-order valence-electron chi connectivity index (χ3n) is 2.85. The number of aliphatic hydroxyl groups excluding tert-OH is 1. The van der Waals surface area contributed by atoms with Gasteiger partial charge in [-0.2, -0.15) is 17.5 Å². The van der Waals surface area contributed by atoms with Crippen LogP contribution in [0.25, 0.3) is 0 Å². The van der Waals surface area contributed by atoms with Crippen LogP contribution in [0.5, 0.6) is 0 Å². The predicted octanol–water partition coefficient (Wildman–Crippen LogP) is 2.00. The minimum Gasteiger partial charge on any atom is -0.396 e. The molecule has 0 aliphatic heterocycles. The fraction of sp³-hybridized carbons (Fsp3) is 0.636. The van der Waals surface area contributed by atoms with Crippen molar-refractivity contribution >= 4 is 21.4 Å². The summed E-state index contributed by atoms with van der Waals surface area (Å²) in [6.45, 7) is -1.58. The van der Waals surface area contributed by atoms with Crippen molar-refractivity contribution in [2.45, 2.75) is 35.7 Å². The van der Waals surface area contributed by atoms with Gasteiger partial charge in [-0.15, -0.1) is 11.3 Å². The lowest BCUT2D eigenvalue weighted by Crippen LogP contribution is -2.40. The molecule has 0 saturated heterocycles. The molecule has 1 aromatic heterocycles. The van der Waals surface area contributed by atoms with E-state index in [9.17, 15) is 21.6 Å². The lowest BCUT2D eigenvalue weighted by molar-refractivity contribution is -0.136. The SMILES string of the molecule is O=S(=O)(c1ccc(CCO)s1)N(CC(F)(F)F)C1CC1. The topological polar surface area (TPSA) is 57.6 Å². The fourth-order valence-corrected chi connectivity index (χ4v) is 4.95. The number of rotatable bonds is 6. The highest BCUT2D eigenvalue weighted by Crippen LogP contribution is 2.36. The van der Waals surface area contributed by atoms with Crippen LogP contribution in [0.2, 0.25) is 0 Å². The molecule has 1 heterocycles. The molecular weight excluding hydrogens is 315 g/mol. The summed E-state index contributed by atoms with van der Waals surface area (Å²) >= 11 is 0.907. The van der Waals surface area contributed by atoms with Gasteiger partial charge in [-0.05, 0) is 25.0 Å². The molecule has 1 fully saturated rings. The van der Waals surface area contributed by atoms with E-state index in [4.69, 9.17) is 5.11 Å². The summed E-state index contributed by atoms with van der Waals surface area (Å²) in [5.41, 5.74) is 0. The van der Waals surface area contributed by atoms with E-state index in [-0.39, 0.29) is 10.8 Å². The molecule has 1 saturated carbocycles. The maximum Gasteiger partial charge on any atom is 0.402 e. The molecule has 0 spiro atoms. The van der Waals surface area contributed by atoms with Crippen molar-refractivity contribution in [3.8, 4) is 0 Å². The number of nitrogens with zero attached hydrogens (tertiary/aromatic N) is 1. The van der Waals surface area contributed by atoms with Crippen molar-refractivity contribution < 1.29 is 26.7 Å². The van der Waals surface area contributed by atoms with Crippen LogP contribution in [-0.2, 0) is 16.4 Å². The molecule has 0 atom stereocenters. The molecule has 1 aliphatic carbocycles. The van der Waals surface area contributed by atoms with Crippen molar-refractivity contribution in [3.63, 3.8) is 0 Å². The quantitative estimate of drug-likeness (QED) is 0.868. The zero-order chi connectivity index (χ0) is 15.0. The normalized spacial score (nSPS) is 16.9. The molecule has 0 unspecified atom stereocenters. The van der Waals surface area contributed by atoms with Crippen LogP contribution < -0.4 is 0 Å². The highest BCUT2D eigenvalue weighted by molar-refractivity contribution is 7.91. The maximum atomic E-state index is 12.5. The molecule has 0 bridgehead atoms. The minimum absolute atomic E-state index is 0.0999. The lowest BCUT2D eigenvalue weighted by atomic mass is 10.4. The Morgan fingerprint density at radius 1 is 1.35 bits per heavy atom. The van der Waals surface area contributed by atoms with Gasteiger partial charge < -0.3 is 5.11 Å². The van der Waals surface area contributed by atoms with Crippen LogP contribution in [0.3, 0.4) is 0 Å². The molecule has 114 valence electrons. The highest BCUT2D eigenvalue weighted by atomic mass is 32.2. The number of hydrogen-bond donors (Lipinski definition) is 1. The van der Waals surface area contributed by atoms with E-state index in [1.54, 1.807) is 0 Å². The summed E-state index contributed by atoms with van der Waals surface area (Å²) in [5.74, 6) is 0. The molecule has 1 aromatic rings. The van der Waals surface area contributed by atoms with Gasteiger partial charge >= 0.3 is 6.18 Å². The monoisotopic (exact) mass is 329 g/mol. The molecule has 20 heavy (non-hydrogen) atoms. The first-order valence-corrected chi connectivity index (χ1v) is 8.28. The Hall–Kier alpha value is -0.640. The van der Waals surface area contributed by atoms with E-state index in [0.29, 0.717) is 28.4 Å². The number of halogens is 3. The summed E-state index contributed by atoms with van der Waals surface area (Å²) in [5, 5.41) is 8.79. The van der Waals surface area contributed by atoms with Gasteiger partial charge in [0, 0.05) is 23.9 Å². The number of aliphatic hydroxyl groups is 1. The van der Waals surface area contributed by atoms with Gasteiger partial charge in [0.1, 0.15) is 10.8 Å². The Morgan fingerprint density at radius 3 is 2.50 bits per heavy atom. The third kappa shape index (κ3) is 3.72. The predicted molar refractivity (Wildman–Crippen MR) is 68.1 cm³/mol. The molecule has 0 aromatic carbocycles. The molecule has 1 N–H and O–H groups in total. The first kappa shape index (κ1) is 15.7. The van der Waals surface area contributed by atoms with Crippen molar-refractivity contribution in [1.82, 2.24) is 4.31 Å². The largest absolute Gasteiger partial charge is 0.402 e. The standard InChI is InChI=1S/C11H14F3NO3S2/c12-11(13,14)7-15(8-1-2-8)20(17,18)10-4-3-9(19-10)5-6-16/h3-4,8,16H,1-2,5-7H2. The van der Waals surface area contributed by atoms with Crippen LogP contribution in [-0.4, -0.2) is 43.2 Å². The van der Waals surface area contributed by atoms with Gasteiger partial charge in [0.05, 0.1) is 0 Å². The van der Waals surface area contributed by atoms with Gasteiger partial charge in [-0.3, -0.25) is 0 Å². The van der Waals surface area contributed by atoms with Gasteiger partial charge in [-0.25, -0.2) is 8.42 Å². The van der Waals surface area contributed by atoms with E-state index in [2.05, 4.69) is 0 Å². The van der Waals surface area contributed by atoms with Gasteiger partial charge in [0.15, 0.2) is 0 Å². The van der Waals surface area contributed by atoms with Crippen LogP contribution in [0.15, 0.2) is 16.3 Å². The van der Waals surface area contributed by atoms with E-state index < -0.39 is 28.8 Å². The van der Waals surface area contributed by atoms with E-state index in [1.165, 1.54) is 12.1 Å². The average Bonchev–Trinajstić information content (AvgIpc) is 3.04. The number of alkyl halides is 3. The summed E-state index contributed by atoms with van der Waals surface area (Å²) in [4.78, 5) is 0.633. The van der Waals surface area contributed by atoms with Crippen LogP contribution in [0.4, 0.5) is 13.2 Å². The van der Waals surface area contributed by atoms with E-state index in [1.807, 2.05) is 0 Å². The second-order valence-corrected chi connectivity index (χ2v) is 7.88. The minimum atomic E-state index is -4.55. The summed E-state index contributed by atoms with van der Waals surface area (Å²) in [6.07, 6.45) is -3.34. The smallest absolute Gasteiger partial charge is 0.396 e. The van der Waals surface area contributed by atoms with Gasteiger partial charge in [-0.1, -0.05) is 0 Å². The van der Waals surface area contributed by atoms with Crippen LogP contribution >= 0.6 is 11.3 Å². The van der Waals surface area contributed by atoms with Crippen molar-refractivity contribution in [2.24, 2.45) is 0 Å². The second kappa shape index (κ2) is 5.63. The van der Waals surface area contributed by atoms with E-state index in [0.717, 1.165) is 11.3 Å². The summed E-state index contributed by atoms with van der Waals surface area (Å²) in [6, 6.07) is 2.27. The zero-order valence-electron chi connectivity index (χ0n) is 10.4. The summed E-state index contributed by atoms with van der Waals surface area (Å²) in [7, 11) is -4.12. The Balaban J connectivity index is 2.25. The van der Waals surface area contributed by atoms with Crippen LogP contribution in [0, 0.1) is 0 Å². The van der Waals surface area contributed by atoms with Gasteiger partial charge in [0.2, 0.25) is 0 Å². The molecule has 9 heteroatoms. The number of sulfonamides is 1. The van der Waals surface area contributed by atoms with Crippen molar-refractivity contribution in [3.05, 3.63) is 17.0 Å². The number of thiophene rings is 1. The zero-order valence-corrected chi connectivity index (χ0v) is 12.1. The van der Waals surface area contributed by atoms with Gasteiger partial charge in [0.25, 0.3) is 10.0 Å². The Kier molecular flexibility index (Phi) is 4.43. The molecule has 0 radical (unpaired) electrons. The Morgan fingerprint density at radius 2 is 2.00 bits per heavy atom. The number of hydrogen-bond acceptors (Lipinski definition) is 4. The maximum absolute atomic E-state index is 12.5. The molecular formula is C11H14F3NO3S2. The highest BCUT2D eigenvalue weighted by Gasteiger charge is 2.45. The van der Waals surface area contributed by atoms with Crippen molar-refractivity contribution in [1.29, 1.82) is 0 Å². The molecule has 1 aliphatic rings. The lowest BCUT2D eigenvalue weighted by Gasteiger charge is -2.22. The Labute approximate surface area is 118 Å². The van der Waals surface area contributed by atoms with Crippen LogP contribution in [0.1, 0.15) is 17.7 Å². The Bertz CT molecular complexity index is 564. The first-order chi connectivity index (χ1) is 9.24. The molecule has 0 amide bonds. The second-order valence-electron chi connectivity index (χ2n) is 4.59. The van der Waals surface area contributed by atoms with Crippen molar-refractivity contribution in [2.75, 3.05) is 13.2 Å². The molecule has 2 rings (SSSR count). The fourth-order valence-electron chi connectivity index (χ4n) is 1.81.